The molecule has 3 rings (SSSR count). The number of hydrogen-bond donors (Lipinski definition) is 1. The van der Waals surface area contributed by atoms with Crippen LogP contribution >= 0.6 is 0 Å². The number of H-pyrrole nitrogens is 1. The first-order valence-electron chi connectivity index (χ1n) is 6.73. The third kappa shape index (κ3) is 1.90. The molecule has 0 spiro atoms. The van der Waals surface area contributed by atoms with E-state index < -0.39 is 0 Å². The minimum atomic E-state index is -0.303. The molecule has 1 N–H and O–H groups in total. The average molecular weight is 257 g/mol. The Morgan fingerprint density at radius 3 is 2.32 bits per heavy atom. The first kappa shape index (κ1) is 12.8. The molecule has 1 aromatic carbocycles. The number of aryl methyl sites for hydroxylation is 1. The van der Waals surface area contributed by atoms with Gasteiger partial charge in [0, 0.05) is 11.7 Å². The molecule has 1 aromatic heterocycles. The Kier molecular flexibility index (Phi) is 2.60. The zero-order chi connectivity index (χ0) is 13.8. The highest BCUT2D eigenvalue weighted by Gasteiger charge is 2.52. The van der Waals surface area contributed by atoms with Crippen LogP contribution in [0.3, 0.4) is 0 Å². The van der Waals surface area contributed by atoms with Crippen LogP contribution in [0, 0.1) is 6.92 Å². The maximum absolute atomic E-state index is 6.15. The molecule has 1 fully saturated rings. The number of rotatable bonds is 1. The number of hydrogen-bond acceptors (Lipinski definition) is 2. The molecule has 1 aliphatic rings. The molecule has 0 aliphatic carbocycles. The molecule has 1 saturated heterocycles. The topological polar surface area (TPSA) is 34.2 Å². The van der Waals surface area contributed by atoms with E-state index in [4.69, 9.17) is 9.31 Å². The zero-order valence-corrected chi connectivity index (χ0v) is 12.2. The van der Waals surface area contributed by atoms with Crippen molar-refractivity contribution in [3.05, 3.63) is 30.0 Å². The van der Waals surface area contributed by atoms with Crippen molar-refractivity contribution in [2.45, 2.75) is 45.8 Å². The normalized spacial score (nSPS) is 21.2. The van der Waals surface area contributed by atoms with E-state index in [9.17, 15) is 0 Å². The summed E-state index contributed by atoms with van der Waals surface area (Å²) in [4.78, 5) is 3.25. The predicted molar refractivity (Wildman–Crippen MR) is 78.8 cm³/mol. The highest BCUT2D eigenvalue weighted by atomic mass is 16.7. The molecule has 0 unspecified atom stereocenters. The van der Waals surface area contributed by atoms with Gasteiger partial charge in [-0.2, -0.15) is 0 Å². The van der Waals surface area contributed by atoms with Gasteiger partial charge in [-0.25, -0.2) is 0 Å². The fraction of sp³-hybridized carbons (Fsp3) is 0.467. The molecule has 19 heavy (non-hydrogen) atoms. The van der Waals surface area contributed by atoms with Gasteiger partial charge in [-0.05, 0) is 63.2 Å². The molecular weight excluding hydrogens is 237 g/mol. The Morgan fingerprint density at radius 1 is 1.05 bits per heavy atom. The number of aromatic amines is 1. The second-order valence-electron chi connectivity index (χ2n) is 6.38. The predicted octanol–water partition coefficient (Wildman–Crippen LogP) is 2.78. The summed E-state index contributed by atoms with van der Waals surface area (Å²) in [6, 6.07) is 6.37. The fourth-order valence-electron chi connectivity index (χ4n) is 2.51. The second-order valence-corrected chi connectivity index (χ2v) is 6.38. The van der Waals surface area contributed by atoms with Crippen molar-refractivity contribution in [3.8, 4) is 0 Å². The number of nitrogens with one attached hydrogen (secondary N) is 1. The van der Waals surface area contributed by atoms with Gasteiger partial charge < -0.3 is 14.3 Å². The molecule has 3 nitrogen and oxygen atoms in total. The largest absolute Gasteiger partial charge is 0.495 e. The molecule has 100 valence electrons. The summed E-state index contributed by atoms with van der Waals surface area (Å²) in [6.07, 6.45) is 1.96. The first-order valence-corrected chi connectivity index (χ1v) is 6.73. The summed E-state index contributed by atoms with van der Waals surface area (Å²) in [5, 5.41) is 1.17. The van der Waals surface area contributed by atoms with E-state index in [-0.39, 0.29) is 18.3 Å². The van der Waals surface area contributed by atoms with Crippen LogP contribution in [-0.2, 0) is 9.31 Å². The van der Waals surface area contributed by atoms with Gasteiger partial charge in [-0.15, -0.1) is 0 Å². The molecule has 0 radical (unpaired) electrons. The summed E-state index contributed by atoms with van der Waals surface area (Å²) in [7, 11) is -0.303. The summed E-state index contributed by atoms with van der Waals surface area (Å²) in [6.45, 7) is 10.4. The molecule has 2 aromatic rings. The Hall–Kier alpha value is -1.26. The van der Waals surface area contributed by atoms with Crippen molar-refractivity contribution in [2.75, 3.05) is 0 Å². The molecule has 4 heteroatoms. The van der Waals surface area contributed by atoms with E-state index in [1.165, 1.54) is 10.9 Å². The van der Waals surface area contributed by atoms with Gasteiger partial charge in [0.25, 0.3) is 0 Å². The van der Waals surface area contributed by atoms with Crippen LogP contribution in [0.25, 0.3) is 10.9 Å². The molecule has 0 amide bonds. The first-order chi connectivity index (χ1) is 8.80. The lowest BCUT2D eigenvalue weighted by Crippen LogP contribution is -2.41. The van der Waals surface area contributed by atoms with Gasteiger partial charge in [-0.3, -0.25) is 0 Å². The van der Waals surface area contributed by atoms with Crippen LogP contribution < -0.4 is 5.46 Å². The van der Waals surface area contributed by atoms with E-state index in [1.54, 1.807) is 0 Å². The standard InChI is InChI=1S/C15H20BNO2/c1-10-8-12(11-6-7-17-13(11)9-10)16-18-14(2,3)15(4,5)19-16/h6-9,17H,1-5H3. The number of benzene rings is 1. The third-order valence-electron chi connectivity index (χ3n) is 4.35. The summed E-state index contributed by atoms with van der Waals surface area (Å²) >= 11 is 0. The second kappa shape index (κ2) is 3.87. The Morgan fingerprint density at radius 2 is 1.68 bits per heavy atom. The van der Waals surface area contributed by atoms with E-state index >= 15 is 0 Å². The van der Waals surface area contributed by atoms with Gasteiger partial charge in [-0.1, -0.05) is 6.07 Å². The highest BCUT2D eigenvalue weighted by molar-refractivity contribution is 6.65. The maximum atomic E-state index is 6.15. The molecule has 2 heterocycles. The summed E-state index contributed by atoms with van der Waals surface area (Å²) in [5.74, 6) is 0. The van der Waals surface area contributed by atoms with Gasteiger partial charge in [0.05, 0.1) is 11.2 Å². The Bertz CT molecular complexity index is 614. The van der Waals surface area contributed by atoms with Crippen LogP contribution in [-0.4, -0.2) is 23.3 Å². The molecule has 0 saturated carbocycles. The van der Waals surface area contributed by atoms with Gasteiger partial charge in [0.2, 0.25) is 0 Å². The van der Waals surface area contributed by atoms with Gasteiger partial charge in [0.15, 0.2) is 0 Å². The van der Waals surface area contributed by atoms with E-state index in [0.29, 0.717) is 0 Å². The molecule has 0 bridgehead atoms. The summed E-state index contributed by atoms with van der Waals surface area (Å²) < 4.78 is 12.3. The van der Waals surface area contributed by atoms with Crippen LogP contribution in [0.5, 0.6) is 0 Å². The van der Waals surface area contributed by atoms with Crippen LogP contribution in [0.4, 0.5) is 0 Å². The molecule has 1 aliphatic heterocycles. The van der Waals surface area contributed by atoms with Crippen LogP contribution in [0.15, 0.2) is 24.4 Å². The van der Waals surface area contributed by atoms with Crippen molar-refractivity contribution in [2.24, 2.45) is 0 Å². The van der Waals surface area contributed by atoms with Crippen LogP contribution in [0.2, 0.25) is 0 Å². The minimum absolute atomic E-state index is 0.302. The van der Waals surface area contributed by atoms with Crippen LogP contribution in [0.1, 0.15) is 33.3 Å². The average Bonchev–Trinajstić information content (AvgIpc) is 2.80. The maximum Gasteiger partial charge on any atom is 0.495 e. The molecular formula is C15H20BNO2. The van der Waals surface area contributed by atoms with E-state index in [1.807, 2.05) is 6.20 Å². The van der Waals surface area contributed by atoms with Crippen molar-refractivity contribution in [1.82, 2.24) is 4.98 Å². The van der Waals surface area contributed by atoms with Crippen molar-refractivity contribution in [3.63, 3.8) is 0 Å². The Labute approximate surface area is 114 Å². The highest BCUT2D eigenvalue weighted by Crippen LogP contribution is 2.37. The lowest BCUT2D eigenvalue weighted by Gasteiger charge is -2.32. The van der Waals surface area contributed by atoms with Crippen molar-refractivity contribution in [1.29, 1.82) is 0 Å². The lowest BCUT2D eigenvalue weighted by atomic mass is 9.76. The third-order valence-corrected chi connectivity index (χ3v) is 4.35. The smallest absolute Gasteiger partial charge is 0.399 e. The van der Waals surface area contributed by atoms with E-state index in [0.717, 1.165) is 11.0 Å². The monoisotopic (exact) mass is 257 g/mol. The number of fused-ring (bicyclic) bond motifs is 1. The fourth-order valence-corrected chi connectivity index (χ4v) is 2.51. The van der Waals surface area contributed by atoms with Crippen molar-refractivity contribution < 1.29 is 9.31 Å². The minimum Gasteiger partial charge on any atom is -0.399 e. The SMILES string of the molecule is Cc1cc(B2OC(C)(C)C(C)(C)O2)c2cc[nH]c2c1. The zero-order valence-electron chi connectivity index (χ0n) is 12.2. The van der Waals surface area contributed by atoms with Gasteiger partial charge >= 0.3 is 7.12 Å². The summed E-state index contributed by atoms with van der Waals surface area (Å²) in [5.41, 5.74) is 2.84. The Balaban J connectivity index is 2.09. The quantitative estimate of drug-likeness (QED) is 0.797. The van der Waals surface area contributed by atoms with Crippen molar-refractivity contribution >= 4 is 23.5 Å². The van der Waals surface area contributed by atoms with E-state index in [2.05, 4.69) is 57.8 Å². The lowest BCUT2D eigenvalue weighted by molar-refractivity contribution is 0.00578. The molecule has 0 atom stereocenters. The number of aromatic nitrogens is 1. The van der Waals surface area contributed by atoms with Gasteiger partial charge in [0.1, 0.15) is 0 Å².